The smallest absolute Gasteiger partial charge is 0.240 e. The van der Waals surface area contributed by atoms with E-state index in [1.54, 1.807) is 23.1 Å². The van der Waals surface area contributed by atoms with Gasteiger partial charge in [-0.05, 0) is 37.8 Å². The number of hydrogen-bond acceptors (Lipinski definition) is 5. The van der Waals surface area contributed by atoms with Crippen LogP contribution in [-0.2, 0) is 9.59 Å². The van der Waals surface area contributed by atoms with Gasteiger partial charge in [0.2, 0.25) is 11.8 Å². The fraction of sp³-hybridized carbons (Fsp3) is 0.526. The topological polar surface area (TPSA) is 94.5 Å². The van der Waals surface area contributed by atoms with Gasteiger partial charge in [-0.1, -0.05) is 11.6 Å². The van der Waals surface area contributed by atoms with Crippen molar-refractivity contribution >= 4 is 29.1 Å². The molecule has 1 aromatic rings. The highest BCUT2D eigenvalue weighted by atomic mass is 35.5. The maximum atomic E-state index is 12.6. The average molecular weight is 391 g/mol. The summed E-state index contributed by atoms with van der Waals surface area (Å²) >= 11 is 6.17. The number of nitrogens with zero attached hydrogens (tertiary/aromatic N) is 2. The number of carbonyl (C=O) groups excluding carboxylic acids is 2. The summed E-state index contributed by atoms with van der Waals surface area (Å²) in [6.45, 7) is 2.46. The van der Waals surface area contributed by atoms with Crippen LogP contribution in [-0.4, -0.2) is 48.0 Å². The first-order valence-electron chi connectivity index (χ1n) is 9.14. The van der Waals surface area contributed by atoms with Crippen LogP contribution in [0.4, 0.5) is 5.69 Å². The number of amides is 2. The summed E-state index contributed by atoms with van der Waals surface area (Å²) in [6, 6.07) is 6.73. The number of halogens is 1. The molecule has 0 aromatic heterocycles. The van der Waals surface area contributed by atoms with E-state index in [1.165, 1.54) is 6.92 Å². The Morgan fingerprint density at radius 3 is 2.96 bits per heavy atom. The van der Waals surface area contributed by atoms with Crippen LogP contribution in [0.15, 0.2) is 18.2 Å². The molecule has 2 amide bonds. The van der Waals surface area contributed by atoms with Crippen LogP contribution in [0.25, 0.3) is 0 Å². The van der Waals surface area contributed by atoms with Gasteiger partial charge >= 0.3 is 0 Å². The average Bonchev–Trinajstić information content (AvgIpc) is 3.30. The van der Waals surface area contributed by atoms with Crippen LogP contribution in [0.2, 0.25) is 5.02 Å². The fourth-order valence-corrected chi connectivity index (χ4v) is 3.77. The van der Waals surface area contributed by atoms with Crippen LogP contribution in [0.1, 0.15) is 32.6 Å². The van der Waals surface area contributed by atoms with Crippen LogP contribution in [0.5, 0.6) is 5.75 Å². The molecular weight excluding hydrogens is 368 g/mol. The molecule has 3 rings (SSSR count). The second-order valence-electron chi connectivity index (χ2n) is 6.95. The quantitative estimate of drug-likeness (QED) is 0.804. The summed E-state index contributed by atoms with van der Waals surface area (Å²) in [7, 11) is 0. The van der Waals surface area contributed by atoms with E-state index in [0.29, 0.717) is 29.6 Å². The van der Waals surface area contributed by atoms with E-state index < -0.39 is 0 Å². The van der Waals surface area contributed by atoms with Crippen molar-refractivity contribution in [3.05, 3.63) is 23.2 Å². The van der Waals surface area contributed by atoms with E-state index in [2.05, 4.69) is 16.7 Å². The van der Waals surface area contributed by atoms with Gasteiger partial charge in [-0.2, -0.15) is 5.26 Å². The molecule has 2 N–H and O–H groups in total. The number of benzene rings is 1. The Morgan fingerprint density at radius 1 is 1.41 bits per heavy atom. The lowest BCUT2D eigenvalue weighted by molar-refractivity contribution is -0.133. The highest BCUT2D eigenvalue weighted by molar-refractivity contribution is 6.32. The maximum Gasteiger partial charge on any atom is 0.240 e. The number of nitriles is 1. The van der Waals surface area contributed by atoms with Crippen molar-refractivity contribution in [3.63, 3.8) is 0 Å². The van der Waals surface area contributed by atoms with Gasteiger partial charge in [-0.3, -0.25) is 14.9 Å². The molecule has 2 fully saturated rings. The second kappa shape index (κ2) is 8.59. The van der Waals surface area contributed by atoms with Crippen LogP contribution < -0.4 is 15.4 Å². The first-order valence-corrected chi connectivity index (χ1v) is 9.52. The largest absolute Gasteiger partial charge is 0.490 e. The standard InChI is InChI=1S/C19H23ClN4O3/c1-12(25)22-13-4-6-16(20)18(9-13)27-11-14-5-7-17(23-14)19(26)24-8-2-3-15(24)10-21/h4,6,9,14-15,17,23H,2-3,5,7-8,11H2,1H3,(H,22,25)/t14-,15+,17+/m1/s1. The van der Waals surface area contributed by atoms with Gasteiger partial charge in [0, 0.05) is 31.3 Å². The molecule has 0 aliphatic carbocycles. The molecule has 2 saturated heterocycles. The Kier molecular flexibility index (Phi) is 6.19. The SMILES string of the molecule is CC(=O)Nc1ccc(Cl)c(OC[C@H]2CC[C@@H](C(=O)N3CCC[C@H]3C#N)N2)c1. The van der Waals surface area contributed by atoms with Gasteiger partial charge in [0.1, 0.15) is 18.4 Å². The summed E-state index contributed by atoms with van der Waals surface area (Å²) in [5.74, 6) is 0.329. The van der Waals surface area contributed by atoms with Gasteiger partial charge in [0.25, 0.3) is 0 Å². The molecule has 2 aliphatic heterocycles. The number of rotatable bonds is 5. The van der Waals surface area contributed by atoms with Crippen molar-refractivity contribution in [1.29, 1.82) is 5.26 Å². The molecule has 3 atom stereocenters. The fourth-order valence-electron chi connectivity index (χ4n) is 3.60. The third kappa shape index (κ3) is 4.71. The van der Waals surface area contributed by atoms with Gasteiger partial charge in [0.15, 0.2) is 0 Å². The number of likely N-dealkylation sites (tertiary alicyclic amines) is 1. The van der Waals surface area contributed by atoms with Crippen molar-refractivity contribution in [2.24, 2.45) is 0 Å². The normalized spacial score (nSPS) is 24.5. The van der Waals surface area contributed by atoms with Crippen molar-refractivity contribution in [2.75, 3.05) is 18.5 Å². The van der Waals surface area contributed by atoms with E-state index in [9.17, 15) is 14.9 Å². The molecule has 0 unspecified atom stereocenters. The minimum absolute atomic E-state index is 0.00670. The molecular formula is C19H23ClN4O3. The molecule has 7 nitrogen and oxygen atoms in total. The van der Waals surface area contributed by atoms with Crippen LogP contribution >= 0.6 is 11.6 Å². The molecule has 144 valence electrons. The first-order chi connectivity index (χ1) is 13.0. The molecule has 27 heavy (non-hydrogen) atoms. The predicted octanol–water partition coefficient (Wildman–Crippen LogP) is 2.31. The van der Waals surface area contributed by atoms with Crippen molar-refractivity contribution in [1.82, 2.24) is 10.2 Å². The van der Waals surface area contributed by atoms with E-state index in [0.717, 1.165) is 25.7 Å². The number of nitrogens with one attached hydrogen (secondary N) is 2. The second-order valence-corrected chi connectivity index (χ2v) is 7.36. The zero-order valence-electron chi connectivity index (χ0n) is 15.2. The van der Waals surface area contributed by atoms with Crippen LogP contribution in [0, 0.1) is 11.3 Å². The van der Waals surface area contributed by atoms with E-state index >= 15 is 0 Å². The Labute approximate surface area is 163 Å². The highest BCUT2D eigenvalue weighted by Gasteiger charge is 2.36. The lowest BCUT2D eigenvalue weighted by atomic mass is 10.1. The zero-order valence-corrected chi connectivity index (χ0v) is 16.0. The summed E-state index contributed by atoms with van der Waals surface area (Å²) in [5.41, 5.74) is 0.617. The lowest BCUT2D eigenvalue weighted by Gasteiger charge is -2.24. The third-order valence-electron chi connectivity index (χ3n) is 4.92. The molecule has 0 radical (unpaired) electrons. The van der Waals surface area contributed by atoms with Gasteiger partial charge in [-0.25, -0.2) is 0 Å². The lowest BCUT2D eigenvalue weighted by Crippen LogP contribution is -2.47. The minimum atomic E-state index is -0.301. The number of hydrogen-bond donors (Lipinski definition) is 2. The maximum absolute atomic E-state index is 12.6. The summed E-state index contributed by atoms with van der Waals surface area (Å²) < 4.78 is 5.82. The van der Waals surface area contributed by atoms with Gasteiger partial charge in [-0.15, -0.1) is 0 Å². The molecule has 0 saturated carbocycles. The van der Waals surface area contributed by atoms with Crippen LogP contribution in [0.3, 0.4) is 0 Å². The van der Waals surface area contributed by atoms with Gasteiger partial charge < -0.3 is 15.0 Å². The summed E-state index contributed by atoms with van der Waals surface area (Å²) in [4.78, 5) is 25.5. The van der Waals surface area contributed by atoms with Crippen molar-refractivity contribution in [2.45, 2.75) is 50.7 Å². The van der Waals surface area contributed by atoms with Gasteiger partial charge in [0.05, 0.1) is 17.1 Å². The Morgan fingerprint density at radius 2 is 2.22 bits per heavy atom. The third-order valence-corrected chi connectivity index (χ3v) is 5.23. The monoisotopic (exact) mass is 390 g/mol. The zero-order chi connectivity index (χ0) is 19.4. The van der Waals surface area contributed by atoms with E-state index in [-0.39, 0.29) is 29.9 Å². The Hall–Kier alpha value is -2.30. The molecule has 0 spiro atoms. The molecule has 8 heteroatoms. The first kappa shape index (κ1) is 19.5. The molecule has 2 heterocycles. The summed E-state index contributed by atoms with van der Waals surface area (Å²) in [6.07, 6.45) is 3.17. The van der Waals surface area contributed by atoms with Crippen molar-refractivity contribution in [3.8, 4) is 11.8 Å². The Bertz CT molecular complexity index is 764. The minimum Gasteiger partial charge on any atom is -0.490 e. The van der Waals surface area contributed by atoms with E-state index in [1.807, 2.05) is 0 Å². The Balaban J connectivity index is 1.54. The summed E-state index contributed by atoms with van der Waals surface area (Å²) in [5, 5.41) is 15.6. The molecule has 1 aromatic carbocycles. The predicted molar refractivity (Wildman–Crippen MR) is 102 cm³/mol. The number of anilines is 1. The highest BCUT2D eigenvalue weighted by Crippen LogP contribution is 2.29. The number of ether oxygens (including phenoxy) is 1. The molecule has 0 bridgehead atoms. The van der Waals surface area contributed by atoms with Crippen molar-refractivity contribution < 1.29 is 14.3 Å². The van der Waals surface area contributed by atoms with E-state index in [4.69, 9.17) is 16.3 Å². The molecule has 2 aliphatic rings. The number of carbonyl (C=O) groups is 2.